The monoisotopic (exact) mass is 876 g/mol. The largest absolute Gasteiger partial charge is 0.310 e. The van der Waals surface area contributed by atoms with Crippen LogP contribution in [0, 0.1) is 0 Å². The Balaban J connectivity index is 0.956. The first-order valence-corrected chi connectivity index (χ1v) is 23.9. The van der Waals surface area contributed by atoms with E-state index in [-0.39, 0.29) is 0 Å². The Kier molecular flexibility index (Phi) is 8.84. The fraction of sp³-hybridized carbons (Fsp3) is 0.0149. The van der Waals surface area contributed by atoms with Crippen molar-refractivity contribution in [3.63, 3.8) is 0 Å². The Hall–Kier alpha value is -8.98. The van der Waals surface area contributed by atoms with Crippen molar-refractivity contribution in [1.29, 1.82) is 0 Å². The predicted octanol–water partition coefficient (Wildman–Crippen LogP) is 17.6. The van der Waals surface area contributed by atoms with Crippen LogP contribution in [-0.4, -0.2) is 4.57 Å². The Morgan fingerprint density at radius 2 is 0.783 bits per heavy atom. The minimum Gasteiger partial charge on any atom is -0.310 e. The third kappa shape index (κ3) is 5.92. The van der Waals surface area contributed by atoms with Crippen molar-refractivity contribution in [2.24, 2.45) is 0 Å². The summed E-state index contributed by atoms with van der Waals surface area (Å²) >= 11 is 0. The normalized spacial score (nSPS) is 14.1. The number of rotatable bonds is 7. The van der Waals surface area contributed by atoms with Crippen LogP contribution in [0.15, 0.2) is 267 Å². The zero-order chi connectivity index (χ0) is 45.5. The van der Waals surface area contributed by atoms with Gasteiger partial charge in [-0.3, -0.25) is 0 Å². The maximum absolute atomic E-state index is 2.52. The SMILES string of the molecule is c1ccc(-c2ccc(N(c3cccc(-c4cccc(-c5ccccc5)c4)c3)c3cccc(-c4cccc5c4-c4ccccc4C54c5ccccc5-n5c6ccccc6c6cccc4c65)c3)cc2)cc1. The van der Waals surface area contributed by atoms with E-state index < -0.39 is 5.41 Å². The summed E-state index contributed by atoms with van der Waals surface area (Å²) in [5, 5.41) is 2.57. The van der Waals surface area contributed by atoms with Crippen LogP contribution in [0.4, 0.5) is 17.1 Å². The Bertz CT molecular complexity index is 3960. The summed E-state index contributed by atoms with van der Waals surface area (Å²) in [5.74, 6) is 0. The molecule has 1 aliphatic carbocycles. The van der Waals surface area contributed by atoms with Crippen LogP contribution in [-0.2, 0) is 5.41 Å². The van der Waals surface area contributed by atoms with Crippen LogP contribution in [0.25, 0.3) is 83.1 Å². The van der Waals surface area contributed by atoms with Crippen molar-refractivity contribution in [2.75, 3.05) is 4.90 Å². The summed E-state index contributed by atoms with van der Waals surface area (Å²) in [4.78, 5) is 2.42. The average molecular weight is 877 g/mol. The van der Waals surface area contributed by atoms with Gasteiger partial charge in [0.15, 0.2) is 0 Å². The van der Waals surface area contributed by atoms with E-state index in [4.69, 9.17) is 0 Å². The molecule has 14 rings (SSSR count). The summed E-state index contributed by atoms with van der Waals surface area (Å²) in [6.07, 6.45) is 0. The lowest BCUT2D eigenvalue weighted by Crippen LogP contribution is -2.33. The molecule has 2 nitrogen and oxygen atoms in total. The molecule has 1 aromatic heterocycles. The fourth-order valence-corrected chi connectivity index (χ4v) is 11.9. The molecule has 0 N–H and O–H groups in total. The summed E-state index contributed by atoms with van der Waals surface area (Å²) < 4.78 is 2.52. The van der Waals surface area contributed by atoms with Crippen molar-refractivity contribution in [1.82, 2.24) is 4.57 Å². The van der Waals surface area contributed by atoms with Gasteiger partial charge < -0.3 is 9.47 Å². The van der Waals surface area contributed by atoms with Crippen LogP contribution in [0.5, 0.6) is 0 Å². The molecular formula is C67H44N2. The molecule has 1 atom stereocenters. The highest BCUT2D eigenvalue weighted by molar-refractivity contribution is 6.13. The molecule has 1 aliphatic heterocycles. The van der Waals surface area contributed by atoms with E-state index in [0.717, 1.165) is 22.6 Å². The lowest BCUT2D eigenvalue weighted by Gasteiger charge is -2.39. The number of fused-ring (bicyclic) bond motifs is 12. The molecule has 0 bridgehead atoms. The first-order valence-electron chi connectivity index (χ1n) is 23.9. The molecule has 11 aromatic carbocycles. The summed E-state index contributed by atoms with van der Waals surface area (Å²) in [7, 11) is 0. The van der Waals surface area contributed by atoms with Crippen molar-refractivity contribution in [3.05, 3.63) is 289 Å². The standard InChI is InChI=1S/C67H44N2/c1-3-18-45(19-4-1)47-38-40-52(41-39-47)68(53-26-14-24-50(43-53)49-23-13-22-48(42-49)46-20-5-2-6-21-46)54-27-15-25-51(44-54)55-30-16-34-61-65(55)58-29-7-9-32-59(58)67(61)60-33-10-12-37-64(60)69-63-36-11-8-28-56(63)57-31-17-35-62(67)66(57)69/h1-44H. The molecule has 1 unspecified atom stereocenters. The smallest absolute Gasteiger partial charge is 0.0754 e. The maximum atomic E-state index is 2.52. The highest BCUT2D eigenvalue weighted by Gasteiger charge is 2.51. The summed E-state index contributed by atoms with van der Waals surface area (Å²) in [6, 6.07) is 98.5. The zero-order valence-electron chi connectivity index (χ0n) is 37.8. The third-order valence-corrected chi connectivity index (χ3v) is 14.8. The molecule has 0 radical (unpaired) electrons. The van der Waals surface area contributed by atoms with E-state index in [0.29, 0.717) is 0 Å². The van der Waals surface area contributed by atoms with E-state index in [2.05, 4.69) is 276 Å². The number of nitrogens with zero attached hydrogens (tertiary/aromatic N) is 2. The van der Waals surface area contributed by atoms with E-state index in [1.807, 2.05) is 0 Å². The van der Waals surface area contributed by atoms with Crippen LogP contribution < -0.4 is 4.90 Å². The Morgan fingerprint density at radius 3 is 1.57 bits per heavy atom. The number of hydrogen-bond acceptors (Lipinski definition) is 1. The molecule has 1 spiro atoms. The van der Waals surface area contributed by atoms with Gasteiger partial charge in [-0.2, -0.15) is 0 Å². The van der Waals surface area contributed by atoms with Crippen molar-refractivity contribution in [2.45, 2.75) is 5.41 Å². The average Bonchev–Trinajstić information content (AvgIpc) is 3.93. The second-order valence-corrected chi connectivity index (χ2v) is 18.4. The Morgan fingerprint density at radius 1 is 0.290 bits per heavy atom. The number of anilines is 3. The van der Waals surface area contributed by atoms with Crippen molar-refractivity contribution in [3.8, 4) is 61.3 Å². The molecule has 0 saturated carbocycles. The molecular weight excluding hydrogens is 833 g/mol. The van der Waals surface area contributed by atoms with Gasteiger partial charge >= 0.3 is 0 Å². The predicted molar refractivity (Wildman–Crippen MR) is 288 cm³/mol. The van der Waals surface area contributed by atoms with Crippen molar-refractivity contribution >= 4 is 38.9 Å². The summed E-state index contributed by atoms with van der Waals surface area (Å²) in [6.45, 7) is 0. The van der Waals surface area contributed by atoms with Crippen LogP contribution in [0.1, 0.15) is 22.3 Å². The van der Waals surface area contributed by atoms with Gasteiger partial charge in [0.05, 0.1) is 22.1 Å². The van der Waals surface area contributed by atoms with Crippen LogP contribution in [0.2, 0.25) is 0 Å². The quantitative estimate of drug-likeness (QED) is 0.155. The highest BCUT2D eigenvalue weighted by Crippen LogP contribution is 2.62. The van der Waals surface area contributed by atoms with Crippen molar-refractivity contribution < 1.29 is 0 Å². The van der Waals surface area contributed by atoms with Gasteiger partial charge in [0.25, 0.3) is 0 Å². The minimum atomic E-state index is -0.523. The number of para-hydroxylation sites is 3. The molecule has 0 fully saturated rings. The molecule has 12 aromatic rings. The second-order valence-electron chi connectivity index (χ2n) is 18.4. The van der Waals surface area contributed by atoms with E-state index in [9.17, 15) is 0 Å². The Labute approximate surface area is 402 Å². The summed E-state index contributed by atoms with van der Waals surface area (Å²) in [5.41, 5.74) is 23.9. The number of benzene rings is 11. The van der Waals surface area contributed by atoms with E-state index in [1.165, 1.54) is 99.8 Å². The van der Waals surface area contributed by atoms with Crippen LogP contribution >= 0.6 is 0 Å². The first kappa shape index (κ1) is 39.2. The number of aromatic nitrogens is 1. The maximum Gasteiger partial charge on any atom is 0.0754 e. The second kappa shape index (κ2) is 15.6. The van der Waals surface area contributed by atoms with Gasteiger partial charge in [-0.15, -0.1) is 0 Å². The zero-order valence-corrected chi connectivity index (χ0v) is 37.8. The van der Waals surface area contributed by atoms with Gasteiger partial charge in [0, 0.05) is 27.8 Å². The molecule has 2 heteroatoms. The van der Waals surface area contributed by atoms with Crippen LogP contribution in [0.3, 0.4) is 0 Å². The van der Waals surface area contributed by atoms with E-state index in [1.54, 1.807) is 0 Å². The highest BCUT2D eigenvalue weighted by atomic mass is 15.1. The van der Waals surface area contributed by atoms with Gasteiger partial charge in [0.2, 0.25) is 0 Å². The molecule has 69 heavy (non-hydrogen) atoms. The lowest BCUT2D eigenvalue weighted by atomic mass is 9.65. The van der Waals surface area contributed by atoms with Gasteiger partial charge in [-0.1, -0.05) is 212 Å². The third-order valence-electron chi connectivity index (χ3n) is 14.8. The molecule has 2 aliphatic rings. The number of hydrogen-bond donors (Lipinski definition) is 0. The molecule has 0 amide bonds. The van der Waals surface area contributed by atoms with Gasteiger partial charge in [-0.05, 0) is 132 Å². The molecule has 322 valence electrons. The first-order chi connectivity index (χ1) is 34.2. The molecule has 0 saturated heterocycles. The fourth-order valence-electron chi connectivity index (χ4n) is 11.9. The van der Waals surface area contributed by atoms with E-state index >= 15 is 0 Å². The lowest BCUT2D eigenvalue weighted by molar-refractivity contribution is 0.748. The molecule has 2 heterocycles. The minimum absolute atomic E-state index is 0.523. The topological polar surface area (TPSA) is 8.17 Å². The van der Waals surface area contributed by atoms with Gasteiger partial charge in [0.1, 0.15) is 0 Å². The van der Waals surface area contributed by atoms with Gasteiger partial charge in [-0.25, -0.2) is 0 Å².